The van der Waals surface area contributed by atoms with Gasteiger partial charge < -0.3 is 23.9 Å². The quantitative estimate of drug-likeness (QED) is 0.287. The Balaban J connectivity index is 1.04. The summed E-state index contributed by atoms with van der Waals surface area (Å²) in [5.74, 6) is 2.93. The number of rotatable bonds is 9. The average molecular weight is 654 g/mol. The third-order valence-corrected chi connectivity index (χ3v) is 10.5. The van der Waals surface area contributed by atoms with Crippen LogP contribution in [0.2, 0.25) is 0 Å². The van der Waals surface area contributed by atoms with Crippen LogP contribution < -0.4 is 9.64 Å². The zero-order valence-corrected chi connectivity index (χ0v) is 27.4. The number of oxazole rings is 1. The van der Waals surface area contributed by atoms with Crippen LogP contribution in [-0.4, -0.2) is 70.9 Å². The number of aliphatic hydroxyl groups is 1. The van der Waals surface area contributed by atoms with Crippen LogP contribution in [0.25, 0.3) is 11.3 Å². The first kappa shape index (κ1) is 32.1. The summed E-state index contributed by atoms with van der Waals surface area (Å²) in [5.41, 5.74) is 3.34. The summed E-state index contributed by atoms with van der Waals surface area (Å²) in [4.78, 5) is 39.6. The van der Waals surface area contributed by atoms with Crippen LogP contribution in [0.1, 0.15) is 93.1 Å². The van der Waals surface area contributed by atoms with E-state index in [1.54, 1.807) is 19.6 Å². The SMILES string of the molecule is COc1ccc([C@H]2CC[C@H](CN(c3cc(-c4coc(C5CC5)n4)ccn3)C(=O)[C@H]3CC[C@H](OC(=O)N4CC(O)C4)CC3)CC2)cc1C#N. The van der Waals surface area contributed by atoms with Crippen molar-refractivity contribution in [3.63, 3.8) is 0 Å². The fourth-order valence-corrected chi connectivity index (χ4v) is 7.43. The van der Waals surface area contributed by atoms with Crippen molar-refractivity contribution in [1.29, 1.82) is 5.26 Å². The van der Waals surface area contributed by atoms with E-state index in [1.807, 2.05) is 29.2 Å². The van der Waals surface area contributed by atoms with E-state index in [4.69, 9.17) is 23.9 Å². The maximum Gasteiger partial charge on any atom is 0.410 e. The summed E-state index contributed by atoms with van der Waals surface area (Å²) < 4.78 is 16.8. The van der Waals surface area contributed by atoms with Crippen molar-refractivity contribution in [2.45, 2.75) is 88.3 Å². The largest absolute Gasteiger partial charge is 0.495 e. The lowest BCUT2D eigenvalue weighted by Crippen LogP contribution is -2.54. The molecule has 3 heterocycles. The van der Waals surface area contributed by atoms with Crippen LogP contribution in [0.15, 0.2) is 47.2 Å². The number of carbonyl (C=O) groups is 2. The number of likely N-dealkylation sites (tertiary alicyclic amines) is 1. The van der Waals surface area contributed by atoms with Crippen molar-refractivity contribution in [3.05, 3.63) is 59.8 Å². The Morgan fingerprint density at radius 2 is 1.77 bits per heavy atom. The first-order valence-electron chi connectivity index (χ1n) is 17.3. The number of aliphatic hydroxyl groups excluding tert-OH is 1. The number of amides is 2. The zero-order valence-electron chi connectivity index (χ0n) is 27.4. The molecule has 11 heteroatoms. The monoisotopic (exact) mass is 653 g/mol. The van der Waals surface area contributed by atoms with Crippen molar-refractivity contribution in [2.24, 2.45) is 11.8 Å². The van der Waals surface area contributed by atoms with Gasteiger partial charge in [-0.3, -0.25) is 9.69 Å². The van der Waals surface area contributed by atoms with Crippen LogP contribution in [0.3, 0.4) is 0 Å². The first-order valence-corrected chi connectivity index (χ1v) is 17.3. The molecule has 252 valence electrons. The average Bonchev–Trinajstić information content (AvgIpc) is 3.84. The molecule has 0 bridgehead atoms. The fourth-order valence-electron chi connectivity index (χ4n) is 7.43. The molecule has 3 saturated carbocycles. The molecule has 2 aromatic heterocycles. The van der Waals surface area contributed by atoms with E-state index in [0.29, 0.717) is 80.2 Å². The molecule has 48 heavy (non-hydrogen) atoms. The number of nitriles is 1. The molecule has 3 aliphatic carbocycles. The number of benzene rings is 1. The molecule has 4 aliphatic rings. The van der Waals surface area contributed by atoms with Gasteiger partial charge in [0.2, 0.25) is 5.91 Å². The van der Waals surface area contributed by atoms with Crippen molar-refractivity contribution in [3.8, 4) is 23.1 Å². The fraction of sp³-hybridized carbons (Fsp3) is 0.541. The third-order valence-electron chi connectivity index (χ3n) is 10.5. The molecule has 0 spiro atoms. The van der Waals surface area contributed by atoms with Gasteiger partial charge in [0.1, 0.15) is 35.7 Å². The molecule has 3 aromatic rings. The Kier molecular flexibility index (Phi) is 9.35. The number of ether oxygens (including phenoxy) is 2. The van der Waals surface area contributed by atoms with Crippen LogP contribution in [0, 0.1) is 23.2 Å². The molecule has 4 fully saturated rings. The summed E-state index contributed by atoms with van der Waals surface area (Å²) in [6, 6.07) is 12.0. The lowest BCUT2D eigenvalue weighted by molar-refractivity contribution is -0.124. The van der Waals surface area contributed by atoms with Crippen LogP contribution in [0.5, 0.6) is 5.75 Å². The molecule has 0 unspecified atom stereocenters. The molecule has 7 rings (SSSR count). The number of hydrogen-bond acceptors (Lipinski definition) is 9. The van der Waals surface area contributed by atoms with Crippen LogP contribution in [0.4, 0.5) is 10.6 Å². The van der Waals surface area contributed by atoms with E-state index in [2.05, 4.69) is 12.1 Å². The second-order valence-corrected chi connectivity index (χ2v) is 13.9. The zero-order chi connectivity index (χ0) is 33.2. The summed E-state index contributed by atoms with van der Waals surface area (Å²) in [7, 11) is 1.58. The third kappa shape index (κ3) is 7.04. The second-order valence-electron chi connectivity index (χ2n) is 13.9. The van der Waals surface area contributed by atoms with Crippen molar-refractivity contribution < 1.29 is 28.6 Å². The smallest absolute Gasteiger partial charge is 0.410 e. The van der Waals surface area contributed by atoms with Gasteiger partial charge in [0.15, 0.2) is 5.89 Å². The summed E-state index contributed by atoms with van der Waals surface area (Å²) >= 11 is 0. The Hall–Kier alpha value is -4.43. The van der Waals surface area contributed by atoms with Crippen LogP contribution in [-0.2, 0) is 9.53 Å². The predicted octanol–water partition coefficient (Wildman–Crippen LogP) is 6.17. The maximum atomic E-state index is 14.3. The first-order chi connectivity index (χ1) is 23.4. The van der Waals surface area contributed by atoms with E-state index >= 15 is 0 Å². The Labute approximate surface area is 280 Å². The maximum absolute atomic E-state index is 14.3. The number of methoxy groups -OCH3 is 1. The molecule has 1 aliphatic heterocycles. The minimum atomic E-state index is -0.470. The van der Waals surface area contributed by atoms with Gasteiger partial charge in [0, 0.05) is 30.1 Å². The molecule has 1 aromatic carbocycles. The van der Waals surface area contributed by atoms with Gasteiger partial charge in [0.25, 0.3) is 0 Å². The number of carbonyl (C=O) groups excluding carboxylic acids is 2. The molecule has 2 amide bonds. The van der Waals surface area contributed by atoms with Gasteiger partial charge in [-0.15, -0.1) is 0 Å². The topological polar surface area (TPSA) is 142 Å². The van der Waals surface area contributed by atoms with Crippen molar-refractivity contribution in [1.82, 2.24) is 14.9 Å². The Morgan fingerprint density at radius 3 is 2.46 bits per heavy atom. The predicted molar refractivity (Wildman–Crippen MR) is 176 cm³/mol. The molecular weight excluding hydrogens is 610 g/mol. The molecule has 1 N–H and O–H groups in total. The minimum Gasteiger partial charge on any atom is -0.495 e. The lowest BCUT2D eigenvalue weighted by atomic mass is 9.78. The van der Waals surface area contributed by atoms with E-state index in [9.17, 15) is 20.0 Å². The highest BCUT2D eigenvalue weighted by Crippen LogP contribution is 2.41. The highest BCUT2D eigenvalue weighted by molar-refractivity contribution is 5.94. The summed E-state index contributed by atoms with van der Waals surface area (Å²) in [5, 5.41) is 19.1. The van der Waals surface area contributed by atoms with Crippen molar-refractivity contribution >= 4 is 17.8 Å². The van der Waals surface area contributed by atoms with Gasteiger partial charge >= 0.3 is 6.09 Å². The number of β-amino-alcohol motifs (C(OH)–C–C–N with tert-alkyl or cyclic N) is 1. The molecular formula is C37H43N5O6. The molecule has 11 nitrogen and oxygen atoms in total. The number of nitrogens with zero attached hydrogens (tertiary/aromatic N) is 5. The number of aromatic nitrogens is 2. The molecule has 0 atom stereocenters. The number of pyridine rings is 1. The van der Waals surface area contributed by atoms with Gasteiger partial charge in [-0.05, 0) is 106 Å². The Morgan fingerprint density at radius 1 is 1.02 bits per heavy atom. The van der Waals surface area contributed by atoms with E-state index in [0.717, 1.165) is 61.2 Å². The van der Waals surface area contributed by atoms with E-state index in [1.165, 1.54) is 4.90 Å². The van der Waals surface area contributed by atoms with E-state index in [-0.39, 0.29) is 24.0 Å². The highest BCUT2D eigenvalue weighted by Gasteiger charge is 2.36. The summed E-state index contributed by atoms with van der Waals surface area (Å²) in [6.45, 7) is 1.20. The van der Waals surface area contributed by atoms with Gasteiger partial charge in [-0.2, -0.15) is 5.26 Å². The standard InChI is InChI=1S/C37H43N5O6/c1-46-33-13-10-27(16-29(33)18-38)24-4-2-23(3-5-24)19-42(34-17-28(14-15-39-34)32-22-47-35(40-32)25-6-7-25)36(44)26-8-11-31(12-9-26)48-37(45)41-20-30(43)21-41/h10,13-17,22-26,30-31,43H,2-9,11-12,19-21H2,1H3/t23-,24-,26-,31-. The summed E-state index contributed by atoms with van der Waals surface area (Å²) in [6.07, 6.45) is 11.0. The van der Waals surface area contributed by atoms with Gasteiger partial charge in [-0.25, -0.2) is 14.8 Å². The lowest BCUT2D eigenvalue weighted by Gasteiger charge is -2.38. The Bertz CT molecular complexity index is 1660. The van der Waals surface area contributed by atoms with E-state index < -0.39 is 6.10 Å². The van der Waals surface area contributed by atoms with Crippen LogP contribution >= 0.6 is 0 Å². The molecule has 1 saturated heterocycles. The second kappa shape index (κ2) is 14.0. The minimum absolute atomic E-state index is 0.0602. The van der Waals surface area contributed by atoms with Crippen molar-refractivity contribution in [2.75, 3.05) is 31.6 Å². The number of hydrogen-bond donors (Lipinski definition) is 1. The molecule has 0 radical (unpaired) electrons. The number of anilines is 1. The highest BCUT2D eigenvalue weighted by atomic mass is 16.6. The van der Waals surface area contributed by atoms with Gasteiger partial charge in [0.05, 0.1) is 31.9 Å². The van der Waals surface area contributed by atoms with Gasteiger partial charge in [-0.1, -0.05) is 6.07 Å². The normalized spacial score (nSPS) is 24.3.